The molecule has 0 aromatic rings. The van der Waals surface area contributed by atoms with Crippen LogP contribution < -0.4 is 0 Å². The minimum absolute atomic E-state index is 0.119. The molecule has 0 saturated carbocycles. The van der Waals surface area contributed by atoms with Gasteiger partial charge < -0.3 is 4.74 Å². The fourth-order valence-corrected chi connectivity index (χ4v) is 0.906. The lowest BCUT2D eigenvalue weighted by atomic mass is 10.0. The number of Topliss-reactive ketones (excluding diaryl/α,β-unsaturated/α-hetero) is 1. The van der Waals surface area contributed by atoms with Crippen LogP contribution in [0.25, 0.3) is 0 Å². The van der Waals surface area contributed by atoms with Gasteiger partial charge in [0, 0.05) is 19.3 Å². The van der Waals surface area contributed by atoms with Gasteiger partial charge in [-0.05, 0) is 12.8 Å². The van der Waals surface area contributed by atoms with Gasteiger partial charge in [-0.2, -0.15) is 0 Å². The van der Waals surface area contributed by atoms with E-state index in [4.69, 9.17) is 4.74 Å². The second-order valence-electron chi connectivity index (χ2n) is 3.42. The molecule has 0 aliphatic rings. The molecule has 0 aromatic heterocycles. The van der Waals surface area contributed by atoms with Crippen molar-refractivity contribution in [2.24, 2.45) is 5.92 Å². The Bertz CT molecular complexity index is 173. The van der Waals surface area contributed by atoms with Gasteiger partial charge in [-0.3, -0.25) is 9.59 Å². The zero-order valence-corrected chi connectivity index (χ0v) is 8.63. The van der Waals surface area contributed by atoms with Gasteiger partial charge in [0.2, 0.25) is 0 Å². The molecule has 76 valence electrons. The van der Waals surface area contributed by atoms with Crippen LogP contribution in [0.3, 0.4) is 0 Å². The average molecular weight is 186 g/mol. The lowest BCUT2D eigenvalue weighted by molar-refractivity contribution is -0.141. The zero-order chi connectivity index (χ0) is 10.3. The largest absolute Gasteiger partial charge is 0.466 e. The Kier molecular flexibility index (Phi) is 6.20. The highest BCUT2D eigenvalue weighted by Crippen LogP contribution is 2.04. The summed E-state index contributed by atoms with van der Waals surface area (Å²) in [7, 11) is 0. The number of carbonyl (C=O) groups is 2. The molecule has 0 N–H and O–H groups in total. The molecule has 3 nitrogen and oxygen atoms in total. The average Bonchev–Trinajstić information content (AvgIpc) is 2.02. The number of hydrogen-bond donors (Lipinski definition) is 0. The third kappa shape index (κ3) is 7.50. The highest BCUT2D eigenvalue weighted by atomic mass is 16.5. The quantitative estimate of drug-likeness (QED) is 0.470. The van der Waals surface area contributed by atoms with Crippen LogP contribution in [0.1, 0.15) is 40.0 Å². The number of rotatable bonds is 6. The maximum atomic E-state index is 11.1. The molecule has 0 amide bonds. The maximum Gasteiger partial charge on any atom is 0.302 e. The van der Waals surface area contributed by atoms with Gasteiger partial charge in [0.15, 0.2) is 0 Å². The van der Waals surface area contributed by atoms with Crippen molar-refractivity contribution in [3.05, 3.63) is 0 Å². The first-order valence-electron chi connectivity index (χ1n) is 4.70. The Morgan fingerprint density at radius 1 is 1.23 bits per heavy atom. The molecule has 3 heteroatoms. The summed E-state index contributed by atoms with van der Waals surface area (Å²) in [5.41, 5.74) is 0. The Labute approximate surface area is 79.5 Å². The van der Waals surface area contributed by atoms with Crippen molar-refractivity contribution in [2.75, 3.05) is 6.61 Å². The van der Waals surface area contributed by atoms with Crippen LogP contribution in [0.2, 0.25) is 0 Å². The summed E-state index contributed by atoms with van der Waals surface area (Å²) in [5.74, 6) is 0.145. The predicted molar refractivity (Wildman–Crippen MR) is 50.3 cm³/mol. The summed E-state index contributed by atoms with van der Waals surface area (Å²) < 4.78 is 4.73. The van der Waals surface area contributed by atoms with Gasteiger partial charge in [-0.15, -0.1) is 0 Å². The van der Waals surface area contributed by atoms with Crippen LogP contribution in [0.5, 0.6) is 0 Å². The lowest BCUT2D eigenvalue weighted by Gasteiger charge is -2.03. The normalized spacial score (nSPS) is 10.2. The molecule has 0 aromatic carbocycles. The fraction of sp³-hybridized carbons (Fsp3) is 0.800. The Balaban J connectivity index is 3.26. The van der Waals surface area contributed by atoms with E-state index in [2.05, 4.69) is 0 Å². The number of ether oxygens (including phenoxy) is 1. The summed E-state index contributed by atoms with van der Waals surface area (Å²) in [6, 6.07) is 0. The van der Waals surface area contributed by atoms with Crippen LogP contribution >= 0.6 is 0 Å². The summed E-state index contributed by atoms with van der Waals surface area (Å²) in [6.45, 7) is 5.61. The molecule has 0 aliphatic heterocycles. The SMILES string of the molecule is CC(=O)OCCCCC(=O)C(C)C. The third-order valence-electron chi connectivity index (χ3n) is 1.77. The van der Waals surface area contributed by atoms with Gasteiger partial charge in [-0.25, -0.2) is 0 Å². The highest BCUT2D eigenvalue weighted by Gasteiger charge is 2.05. The standard InChI is InChI=1S/C10H18O3/c1-8(2)10(12)6-4-5-7-13-9(3)11/h8H,4-7H2,1-3H3. The predicted octanol–water partition coefficient (Wildman–Crippen LogP) is 1.94. The molecule has 0 saturated heterocycles. The molecular weight excluding hydrogens is 168 g/mol. The molecule has 0 heterocycles. The van der Waals surface area contributed by atoms with Gasteiger partial charge in [0.05, 0.1) is 6.61 Å². The molecule has 0 unspecified atom stereocenters. The number of unbranched alkanes of at least 4 members (excludes halogenated alkanes) is 1. The Morgan fingerprint density at radius 2 is 1.85 bits per heavy atom. The van der Waals surface area contributed by atoms with E-state index < -0.39 is 0 Å². The summed E-state index contributed by atoms with van der Waals surface area (Å²) in [5, 5.41) is 0. The van der Waals surface area contributed by atoms with E-state index in [-0.39, 0.29) is 17.7 Å². The summed E-state index contributed by atoms with van der Waals surface area (Å²) >= 11 is 0. The molecular formula is C10H18O3. The van der Waals surface area contributed by atoms with Crippen molar-refractivity contribution >= 4 is 11.8 Å². The summed E-state index contributed by atoms with van der Waals surface area (Å²) in [6.07, 6.45) is 2.18. The molecule has 0 bridgehead atoms. The Hall–Kier alpha value is -0.860. The number of esters is 1. The van der Waals surface area contributed by atoms with E-state index in [9.17, 15) is 9.59 Å². The van der Waals surface area contributed by atoms with Crippen LogP contribution in [0, 0.1) is 5.92 Å². The maximum absolute atomic E-state index is 11.1. The van der Waals surface area contributed by atoms with E-state index in [1.165, 1.54) is 6.92 Å². The first-order valence-corrected chi connectivity index (χ1v) is 4.70. The van der Waals surface area contributed by atoms with Crippen molar-refractivity contribution < 1.29 is 14.3 Å². The van der Waals surface area contributed by atoms with Crippen LogP contribution in [-0.4, -0.2) is 18.4 Å². The molecule has 0 rings (SSSR count). The molecule has 0 atom stereocenters. The topological polar surface area (TPSA) is 43.4 Å². The zero-order valence-electron chi connectivity index (χ0n) is 8.63. The van der Waals surface area contributed by atoms with Gasteiger partial charge in [0.25, 0.3) is 0 Å². The van der Waals surface area contributed by atoms with E-state index in [0.717, 1.165) is 12.8 Å². The lowest BCUT2D eigenvalue weighted by Crippen LogP contribution is -2.07. The van der Waals surface area contributed by atoms with E-state index in [1.807, 2.05) is 13.8 Å². The van der Waals surface area contributed by atoms with Gasteiger partial charge in [-0.1, -0.05) is 13.8 Å². The Morgan fingerprint density at radius 3 is 2.31 bits per heavy atom. The van der Waals surface area contributed by atoms with Crippen molar-refractivity contribution in [3.8, 4) is 0 Å². The molecule has 13 heavy (non-hydrogen) atoms. The minimum atomic E-state index is -0.254. The number of carbonyl (C=O) groups excluding carboxylic acids is 2. The highest BCUT2D eigenvalue weighted by molar-refractivity contribution is 5.80. The smallest absolute Gasteiger partial charge is 0.302 e. The van der Waals surface area contributed by atoms with E-state index >= 15 is 0 Å². The fourth-order valence-electron chi connectivity index (χ4n) is 0.906. The minimum Gasteiger partial charge on any atom is -0.466 e. The van der Waals surface area contributed by atoms with E-state index in [0.29, 0.717) is 13.0 Å². The first kappa shape index (κ1) is 12.1. The van der Waals surface area contributed by atoms with Crippen molar-refractivity contribution in [2.45, 2.75) is 40.0 Å². The van der Waals surface area contributed by atoms with Gasteiger partial charge >= 0.3 is 5.97 Å². The van der Waals surface area contributed by atoms with Crippen molar-refractivity contribution in [3.63, 3.8) is 0 Å². The number of hydrogen-bond acceptors (Lipinski definition) is 3. The molecule has 0 aliphatic carbocycles. The van der Waals surface area contributed by atoms with Crippen LogP contribution in [0.15, 0.2) is 0 Å². The van der Waals surface area contributed by atoms with Crippen LogP contribution in [-0.2, 0) is 14.3 Å². The third-order valence-corrected chi connectivity index (χ3v) is 1.77. The monoisotopic (exact) mass is 186 g/mol. The molecule has 0 spiro atoms. The van der Waals surface area contributed by atoms with Crippen molar-refractivity contribution in [1.82, 2.24) is 0 Å². The molecule has 0 radical (unpaired) electrons. The second-order valence-corrected chi connectivity index (χ2v) is 3.42. The second kappa shape index (κ2) is 6.63. The van der Waals surface area contributed by atoms with Crippen LogP contribution in [0.4, 0.5) is 0 Å². The van der Waals surface area contributed by atoms with Gasteiger partial charge in [0.1, 0.15) is 5.78 Å². The first-order chi connectivity index (χ1) is 6.04. The molecule has 0 fully saturated rings. The van der Waals surface area contributed by atoms with E-state index in [1.54, 1.807) is 0 Å². The summed E-state index contributed by atoms with van der Waals surface area (Å²) in [4.78, 5) is 21.5. The number of ketones is 1. The van der Waals surface area contributed by atoms with Crippen molar-refractivity contribution in [1.29, 1.82) is 0 Å².